The van der Waals surface area contributed by atoms with Gasteiger partial charge in [-0.25, -0.2) is 0 Å². The van der Waals surface area contributed by atoms with Crippen LogP contribution in [0.5, 0.6) is 0 Å². The molecule has 0 saturated carbocycles. The standard InChI is InChI=1S/C59H43NSi/c1-59(2)53-23-12-10-21-50(53)51-36-33-47(39-54(51)59)60(46-31-27-43(28-32-46)40-15-4-3-5-16-40)55-24-14-26-57-58(55)52-22-11-13-25-56(52)61(57,48-34-29-41-17-6-8-19-44(41)37-48)49-35-30-42-18-7-9-20-45(42)38-49/h3-39H,1-2H3. The first-order valence-corrected chi connectivity index (χ1v) is 23.4. The maximum atomic E-state index is 2.54. The number of anilines is 3. The molecule has 10 aromatic carbocycles. The lowest BCUT2D eigenvalue weighted by Gasteiger charge is -2.33. The molecule has 288 valence electrons. The molecular formula is C59H43NSi. The van der Waals surface area contributed by atoms with Gasteiger partial charge in [0.1, 0.15) is 0 Å². The Kier molecular flexibility index (Phi) is 7.97. The third kappa shape index (κ3) is 5.32. The van der Waals surface area contributed by atoms with Crippen LogP contribution in [-0.4, -0.2) is 8.07 Å². The van der Waals surface area contributed by atoms with E-state index >= 15 is 0 Å². The summed E-state index contributed by atoms with van der Waals surface area (Å²) in [4.78, 5) is 2.54. The van der Waals surface area contributed by atoms with Crippen molar-refractivity contribution in [1.29, 1.82) is 0 Å². The highest BCUT2D eigenvalue weighted by molar-refractivity contribution is 7.22. The topological polar surface area (TPSA) is 3.24 Å². The number of hydrogen-bond acceptors (Lipinski definition) is 1. The molecule has 0 amide bonds. The summed E-state index contributed by atoms with van der Waals surface area (Å²) in [5, 5.41) is 10.8. The Morgan fingerprint density at radius 2 is 0.902 bits per heavy atom. The maximum Gasteiger partial charge on any atom is 0.180 e. The molecule has 0 atom stereocenters. The lowest BCUT2D eigenvalue weighted by molar-refractivity contribution is 0.660. The van der Waals surface area contributed by atoms with Crippen molar-refractivity contribution < 1.29 is 0 Å². The lowest BCUT2D eigenvalue weighted by atomic mass is 9.82. The van der Waals surface area contributed by atoms with Gasteiger partial charge in [-0.1, -0.05) is 208 Å². The van der Waals surface area contributed by atoms with Gasteiger partial charge in [-0.2, -0.15) is 0 Å². The third-order valence-electron chi connectivity index (χ3n) is 13.7. The molecule has 0 saturated heterocycles. The predicted octanol–water partition coefficient (Wildman–Crippen LogP) is 12.8. The molecule has 2 heteroatoms. The highest BCUT2D eigenvalue weighted by atomic mass is 28.3. The first kappa shape index (κ1) is 35.7. The largest absolute Gasteiger partial charge is 0.310 e. The van der Waals surface area contributed by atoms with E-state index in [0.29, 0.717) is 0 Å². The van der Waals surface area contributed by atoms with Crippen molar-refractivity contribution in [2.45, 2.75) is 19.3 Å². The Labute approximate surface area is 358 Å². The van der Waals surface area contributed by atoms with Crippen LogP contribution in [0, 0.1) is 0 Å². The van der Waals surface area contributed by atoms with E-state index in [-0.39, 0.29) is 5.41 Å². The second-order valence-corrected chi connectivity index (χ2v) is 21.0. The minimum absolute atomic E-state index is 0.135. The molecule has 1 aliphatic carbocycles. The molecule has 0 radical (unpaired) electrons. The fourth-order valence-corrected chi connectivity index (χ4v) is 16.0. The highest BCUT2D eigenvalue weighted by Crippen LogP contribution is 2.51. The number of hydrogen-bond donors (Lipinski definition) is 0. The quantitative estimate of drug-likeness (QED) is 0.152. The number of rotatable bonds is 6. The Bertz CT molecular complexity index is 3260. The summed E-state index contributed by atoms with van der Waals surface area (Å²) in [6.07, 6.45) is 0. The van der Waals surface area contributed by atoms with Crippen molar-refractivity contribution in [1.82, 2.24) is 0 Å². The summed E-state index contributed by atoms with van der Waals surface area (Å²) < 4.78 is 0. The van der Waals surface area contributed by atoms with Crippen LogP contribution in [-0.2, 0) is 5.41 Å². The van der Waals surface area contributed by atoms with Gasteiger partial charge < -0.3 is 4.90 Å². The van der Waals surface area contributed by atoms with Crippen LogP contribution in [0.25, 0.3) is 54.9 Å². The van der Waals surface area contributed by atoms with Gasteiger partial charge in [0.15, 0.2) is 8.07 Å². The smallest absolute Gasteiger partial charge is 0.180 e. The molecule has 0 unspecified atom stereocenters. The summed E-state index contributed by atoms with van der Waals surface area (Å²) in [7, 11) is -2.90. The summed E-state index contributed by atoms with van der Waals surface area (Å²) in [6.45, 7) is 4.76. The van der Waals surface area contributed by atoms with E-state index in [1.165, 1.54) is 92.5 Å². The van der Waals surface area contributed by atoms with Crippen molar-refractivity contribution in [3.05, 3.63) is 236 Å². The van der Waals surface area contributed by atoms with Crippen LogP contribution >= 0.6 is 0 Å². The van der Waals surface area contributed by atoms with Crippen LogP contribution < -0.4 is 25.6 Å². The molecule has 2 aliphatic rings. The minimum Gasteiger partial charge on any atom is -0.310 e. The average molecular weight is 794 g/mol. The van der Waals surface area contributed by atoms with E-state index in [4.69, 9.17) is 0 Å². The third-order valence-corrected chi connectivity index (χ3v) is 18.5. The van der Waals surface area contributed by atoms with Crippen molar-refractivity contribution in [3.63, 3.8) is 0 Å². The molecule has 0 fully saturated rings. The molecule has 12 rings (SSSR count). The molecular weight excluding hydrogens is 751 g/mol. The van der Waals surface area contributed by atoms with E-state index in [1.807, 2.05) is 0 Å². The molecule has 0 spiro atoms. The number of benzene rings is 10. The zero-order chi connectivity index (χ0) is 40.7. The van der Waals surface area contributed by atoms with Crippen molar-refractivity contribution in [3.8, 4) is 33.4 Å². The molecule has 0 N–H and O–H groups in total. The van der Waals surface area contributed by atoms with Gasteiger partial charge in [0, 0.05) is 22.4 Å². The SMILES string of the molecule is CC1(C)c2ccccc2-c2ccc(N(c3ccc(-c4ccccc4)cc3)c3cccc4c3-c3ccccc3[Si]4(c3ccc4ccccc4c3)c3ccc4ccccc4c3)cc21. The summed E-state index contributed by atoms with van der Waals surface area (Å²) in [5.74, 6) is 0. The Balaban J connectivity index is 1.14. The molecule has 0 aromatic heterocycles. The Hall–Kier alpha value is -7.26. The fraction of sp³-hybridized carbons (Fsp3) is 0.0508. The van der Waals surface area contributed by atoms with Gasteiger partial charge >= 0.3 is 0 Å². The average Bonchev–Trinajstić information content (AvgIpc) is 3.75. The summed E-state index contributed by atoms with van der Waals surface area (Å²) in [5.41, 5.74) is 13.8. The summed E-state index contributed by atoms with van der Waals surface area (Å²) in [6, 6.07) is 84.6. The number of fused-ring (bicyclic) bond motifs is 8. The van der Waals surface area contributed by atoms with E-state index in [9.17, 15) is 0 Å². The van der Waals surface area contributed by atoms with Gasteiger partial charge in [-0.15, -0.1) is 0 Å². The van der Waals surface area contributed by atoms with Crippen molar-refractivity contribution >= 4 is 67.4 Å². The van der Waals surface area contributed by atoms with E-state index in [2.05, 4.69) is 243 Å². The Morgan fingerprint density at radius 3 is 1.61 bits per heavy atom. The van der Waals surface area contributed by atoms with Crippen LogP contribution in [0.3, 0.4) is 0 Å². The van der Waals surface area contributed by atoms with Gasteiger partial charge in [0.2, 0.25) is 0 Å². The lowest BCUT2D eigenvalue weighted by Crippen LogP contribution is -2.72. The van der Waals surface area contributed by atoms with Crippen LogP contribution in [0.4, 0.5) is 17.1 Å². The molecule has 10 aromatic rings. The van der Waals surface area contributed by atoms with Gasteiger partial charge in [-0.05, 0) is 112 Å². The van der Waals surface area contributed by atoms with E-state index in [0.717, 1.165) is 11.4 Å². The maximum absolute atomic E-state index is 2.90. The molecule has 1 aliphatic heterocycles. The van der Waals surface area contributed by atoms with Gasteiger partial charge in [0.05, 0.1) is 5.69 Å². The fourth-order valence-electron chi connectivity index (χ4n) is 10.8. The monoisotopic (exact) mass is 793 g/mol. The van der Waals surface area contributed by atoms with E-state index in [1.54, 1.807) is 0 Å². The molecule has 61 heavy (non-hydrogen) atoms. The van der Waals surface area contributed by atoms with Gasteiger partial charge in [-0.3, -0.25) is 0 Å². The summed E-state index contributed by atoms with van der Waals surface area (Å²) >= 11 is 0. The van der Waals surface area contributed by atoms with Crippen molar-refractivity contribution in [2.24, 2.45) is 0 Å². The van der Waals surface area contributed by atoms with Crippen LogP contribution in [0.15, 0.2) is 224 Å². The predicted molar refractivity (Wildman–Crippen MR) is 262 cm³/mol. The zero-order valence-electron chi connectivity index (χ0n) is 34.3. The van der Waals surface area contributed by atoms with Gasteiger partial charge in [0.25, 0.3) is 0 Å². The van der Waals surface area contributed by atoms with E-state index < -0.39 is 8.07 Å². The Morgan fingerprint density at radius 1 is 0.361 bits per heavy atom. The first-order valence-electron chi connectivity index (χ1n) is 21.4. The normalized spacial score (nSPS) is 14.0. The zero-order valence-corrected chi connectivity index (χ0v) is 35.3. The van der Waals surface area contributed by atoms with Crippen LogP contribution in [0.1, 0.15) is 25.0 Å². The number of nitrogens with zero attached hydrogens (tertiary/aromatic N) is 1. The minimum atomic E-state index is -2.90. The highest BCUT2D eigenvalue weighted by Gasteiger charge is 2.50. The second-order valence-electron chi connectivity index (χ2n) is 17.3. The molecule has 1 heterocycles. The van der Waals surface area contributed by atoms with Crippen molar-refractivity contribution in [2.75, 3.05) is 4.90 Å². The second kappa shape index (κ2) is 13.6. The molecule has 1 nitrogen and oxygen atoms in total. The van der Waals surface area contributed by atoms with Crippen LogP contribution in [0.2, 0.25) is 0 Å². The first-order chi connectivity index (χ1) is 30.0. The molecule has 0 bridgehead atoms.